The van der Waals surface area contributed by atoms with E-state index in [0.29, 0.717) is 23.3 Å². The number of amides is 2. The monoisotopic (exact) mass is 536 g/mol. The SMILES string of the molecule is CN(CCS(=O)(=O)c1ccc2nc(NC(=O)c3cccc(C(N)=O)c3Cl)sc2c1)CC1CCCO1. The Balaban J connectivity index is 1.45. The van der Waals surface area contributed by atoms with Crippen LogP contribution in [0.3, 0.4) is 0 Å². The molecule has 3 aromatic rings. The smallest absolute Gasteiger partial charge is 0.258 e. The molecule has 1 fully saturated rings. The normalized spacial score (nSPS) is 16.1. The largest absolute Gasteiger partial charge is 0.377 e. The molecule has 1 unspecified atom stereocenters. The fourth-order valence-electron chi connectivity index (χ4n) is 3.84. The zero-order valence-electron chi connectivity index (χ0n) is 19.0. The molecule has 4 rings (SSSR count). The Labute approximate surface area is 212 Å². The summed E-state index contributed by atoms with van der Waals surface area (Å²) in [4.78, 5) is 30.7. The van der Waals surface area contributed by atoms with Gasteiger partial charge in [-0.3, -0.25) is 14.9 Å². The predicted octanol–water partition coefficient (Wildman–Crippen LogP) is 3.19. The molecule has 2 heterocycles. The van der Waals surface area contributed by atoms with Crippen LogP contribution in [0.25, 0.3) is 10.2 Å². The van der Waals surface area contributed by atoms with Crippen molar-refractivity contribution in [1.29, 1.82) is 0 Å². The number of primary amides is 1. The number of halogens is 1. The number of nitrogens with one attached hydrogen (secondary N) is 1. The van der Waals surface area contributed by atoms with E-state index in [1.165, 1.54) is 24.3 Å². The fourth-order valence-corrected chi connectivity index (χ4v) is 6.48. The first-order valence-corrected chi connectivity index (χ1v) is 13.8. The number of fused-ring (bicyclic) bond motifs is 1. The summed E-state index contributed by atoms with van der Waals surface area (Å²) in [5, 5.41) is 2.88. The van der Waals surface area contributed by atoms with E-state index in [4.69, 9.17) is 22.1 Å². The Morgan fingerprint density at radius 3 is 2.77 bits per heavy atom. The van der Waals surface area contributed by atoms with Crippen molar-refractivity contribution in [1.82, 2.24) is 9.88 Å². The van der Waals surface area contributed by atoms with Crippen LogP contribution in [0, 0.1) is 0 Å². The van der Waals surface area contributed by atoms with Crippen LogP contribution in [0.1, 0.15) is 33.6 Å². The average Bonchev–Trinajstić information content (AvgIpc) is 3.46. The Morgan fingerprint density at radius 2 is 2.06 bits per heavy atom. The minimum absolute atomic E-state index is 0.0151. The van der Waals surface area contributed by atoms with Crippen LogP contribution in [0.4, 0.5) is 5.13 Å². The number of nitrogens with zero attached hydrogens (tertiary/aromatic N) is 2. The number of nitrogens with two attached hydrogens (primary N) is 1. The second-order valence-electron chi connectivity index (χ2n) is 8.35. The molecule has 0 spiro atoms. The van der Waals surface area contributed by atoms with Crippen LogP contribution in [-0.2, 0) is 14.6 Å². The van der Waals surface area contributed by atoms with E-state index in [2.05, 4.69) is 10.3 Å². The first kappa shape index (κ1) is 25.5. The van der Waals surface area contributed by atoms with Gasteiger partial charge in [0, 0.05) is 19.7 Å². The number of likely N-dealkylation sites (N-methyl/N-ethyl adjacent to an activating group) is 1. The van der Waals surface area contributed by atoms with E-state index in [1.54, 1.807) is 12.1 Å². The molecule has 0 radical (unpaired) electrons. The first-order valence-electron chi connectivity index (χ1n) is 11.0. The fraction of sp³-hybridized carbons (Fsp3) is 0.348. The topological polar surface area (TPSA) is 132 Å². The Kier molecular flexibility index (Phi) is 7.72. The lowest BCUT2D eigenvalue weighted by molar-refractivity contribution is 0.0829. The minimum Gasteiger partial charge on any atom is -0.377 e. The zero-order valence-corrected chi connectivity index (χ0v) is 21.4. The first-order chi connectivity index (χ1) is 16.6. The zero-order chi connectivity index (χ0) is 25.2. The highest BCUT2D eigenvalue weighted by Gasteiger charge is 2.21. The van der Waals surface area contributed by atoms with Gasteiger partial charge >= 0.3 is 0 Å². The molecule has 1 saturated heterocycles. The number of aromatic nitrogens is 1. The van der Waals surface area contributed by atoms with Gasteiger partial charge in [-0.25, -0.2) is 13.4 Å². The summed E-state index contributed by atoms with van der Waals surface area (Å²) in [6.45, 7) is 1.87. The summed E-state index contributed by atoms with van der Waals surface area (Å²) in [7, 11) is -1.62. The third kappa shape index (κ3) is 5.99. The third-order valence-corrected chi connectivity index (χ3v) is 8.76. The maximum absolute atomic E-state index is 12.9. The number of carbonyl (C=O) groups is 2. The van der Waals surface area contributed by atoms with Crippen LogP contribution < -0.4 is 11.1 Å². The molecule has 12 heteroatoms. The summed E-state index contributed by atoms with van der Waals surface area (Å²) in [5.74, 6) is -1.31. The van der Waals surface area contributed by atoms with Crippen molar-refractivity contribution in [3.05, 3.63) is 52.5 Å². The molecule has 2 aromatic carbocycles. The van der Waals surface area contributed by atoms with Gasteiger partial charge in [0.2, 0.25) is 5.91 Å². The van der Waals surface area contributed by atoms with Gasteiger partial charge in [0.1, 0.15) is 0 Å². The summed E-state index contributed by atoms with van der Waals surface area (Å²) in [5.41, 5.74) is 5.96. The molecule has 1 aliphatic heterocycles. The number of hydrogen-bond acceptors (Lipinski definition) is 8. The molecule has 1 atom stereocenters. The van der Waals surface area contributed by atoms with Gasteiger partial charge in [0.15, 0.2) is 15.0 Å². The van der Waals surface area contributed by atoms with Crippen LogP contribution in [0.5, 0.6) is 0 Å². The maximum Gasteiger partial charge on any atom is 0.258 e. The van der Waals surface area contributed by atoms with Crippen molar-refractivity contribution in [3.8, 4) is 0 Å². The lowest BCUT2D eigenvalue weighted by Crippen LogP contribution is -2.32. The number of thiazole rings is 1. The van der Waals surface area contributed by atoms with Gasteiger partial charge in [0.25, 0.3) is 5.91 Å². The highest BCUT2D eigenvalue weighted by atomic mass is 35.5. The minimum atomic E-state index is -3.51. The Bertz CT molecular complexity index is 1370. The summed E-state index contributed by atoms with van der Waals surface area (Å²) >= 11 is 7.30. The van der Waals surface area contributed by atoms with Gasteiger partial charge in [-0.2, -0.15) is 0 Å². The number of carbonyl (C=O) groups excluding carboxylic acids is 2. The molecule has 0 bridgehead atoms. The molecule has 35 heavy (non-hydrogen) atoms. The van der Waals surface area contributed by atoms with Crippen molar-refractivity contribution >= 4 is 59.9 Å². The van der Waals surface area contributed by atoms with E-state index in [-0.39, 0.29) is 38.0 Å². The van der Waals surface area contributed by atoms with Crippen molar-refractivity contribution in [2.24, 2.45) is 5.73 Å². The summed E-state index contributed by atoms with van der Waals surface area (Å²) in [6.07, 6.45) is 2.21. The number of hydrogen-bond donors (Lipinski definition) is 2. The van der Waals surface area contributed by atoms with Crippen molar-refractivity contribution in [2.45, 2.75) is 23.8 Å². The molecular weight excluding hydrogens is 512 g/mol. The lowest BCUT2D eigenvalue weighted by atomic mass is 10.1. The number of rotatable bonds is 9. The molecule has 9 nitrogen and oxygen atoms in total. The maximum atomic E-state index is 12.9. The quantitative estimate of drug-likeness (QED) is 0.429. The highest BCUT2D eigenvalue weighted by Crippen LogP contribution is 2.30. The second-order valence-corrected chi connectivity index (χ2v) is 11.9. The number of ether oxygens (including phenoxy) is 1. The Morgan fingerprint density at radius 1 is 1.29 bits per heavy atom. The molecule has 1 aromatic heterocycles. The molecule has 186 valence electrons. The van der Waals surface area contributed by atoms with E-state index in [1.807, 2.05) is 11.9 Å². The van der Waals surface area contributed by atoms with Gasteiger partial charge in [-0.15, -0.1) is 0 Å². The standard InChI is InChI=1S/C23H25ClN4O5S2/c1-28(13-14-4-3-10-33-14)9-11-35(31,32)15-7-8-18-19(12-15)34-23(26-18)27-22(30)17-6-2-5-16(20(17)24)21(25)29/h2,5-8,12,14H,3-4,9-11,13H2,1H3,(H2,25,29)(H,26,27,30). The molecular formula is C23H25ClN4O5S2. The van der Waals surface area contributed by atoms with Crippen LogP contribution >= 0.6 is 22.9 Å². The summed E-state index contributed by atoms with van der Waals surface area (Å²) < 4.78 is 32.1. The molecule has 2 amide bonds. The van der Waals surface area contributed by atoms with Gasteiger partial charge in [-0.05, 0) is 50.2 Å². The summed E-state index contributed by atoms with van der Waals surface area (Å²) in [6, 6.07) is 9.12. The number of benzene rings is 2. The lowest BCUT2D eigenvalue weighted by Gasteiger charge is -2.20. The second kappa shape index (κ2) is 10.6. The van der Waals surface area contributed by atoms with Gasteiger partial charge in [0.05, 0.1) is 43.1 Å². The van der Waals surface area contributed by atoms with Crippen LogP contribution in [0.2, 0.25) is 5.02 Å². The molecule has 3 N–H and O–H groups in total. The Hall–Kier alpha value is -2.57. The van der Waals surface area contributed by atoms with E-state index in [0.717, 1.165) is 30.8 Å². The number of anilines is 1. The van der Waals surface area contributed by atoms with Crippen molar-refractivity contribution in [3.63, 3.8) is 0 Å². The van der Waals surface area contributed by atoms with Crippen LogP contribution in [0.15, 0.2) is 41.3 Å². The van der Waals surface area contributed by atoms with Gasteiger partial charge < -0.3 is 15.4 Å². The van der Waals surface area contributed by atoms with E-state index < -0.39 is 21.7 Å². The van der Waals surface area contributed by atoms with E-state index in [9.17, 15) is 18.0 Å². The molecule has 0 aliphatic carbocycles. The van der Waals surface area contributed by atoms with Gasteiger partial charge in [-0.1, -0.05) is 29.0 Å². The average molecular weight is 537 g/mol. The number of sulfone groups is 1. The van der Waals surface area contributed by atoms with Crippen LogP contribution in [-0.4, -0.2) is 68.7 Å². The predicted molar refractivity (Wildman–Crippen MR) is 136 cm³/mol. The van der Waals surface area contributed by atoms with Crippen molar-refractivity contribution in [2.75, 3.05) is 37.8 Å². The molecule has 0 saturated carbocycles. The molecule has 1 aliphatic rings. The highest BCUT2D eigenvalue weighted by molar-refractivity contribution is 7.91. The third-order valence-electron chi connectivity index (χ3n) is 5.73. The van der Waals surface area contributed by atoms with Crippen molar-refractivity contribution < 1.29 is 22.7 Å². The van der Waals surface area contributed by atoms with E-state index >= 15 is 0 Å².